The molecule has 0 atom stereocenters. The third kappa shape index (κ3) is 20.7. The zero-order chi connectivity index (χ0) is 86.1. The summed E-state index contributed by atoms with van der Waals surface area (Å²) in [5, 5.41) is -21.3. The van der Waals surface area contributed by atoms with Gasteiger partial charge < -0.3 is 13.7 Å². The maximum atomic E-state index is 12.2. The van der Waals surface area contributed by atoms with Crippen LogP contribution in [0.5, 0.6) is 0 Å². The molecule has 0 aliphatic carbocycles. The van der Waals surface area contributed by atoms with E-state index in [2.05, 4.69) is 225 Å². The van der Waals surface area contributed by atoms with E-state index in [1.54, 1.807) is 0 Å². The molecule has 0 aromatic heterocycles. The summed E-state index contributed by atoms with van der Waals surface area (Å²) in [6, 6.07) is 64.7. The lowest BCUT2D eigenvalue weighted by atomic mass is 10.1. The maximum Gasteiger partial charge on any atom is 0.460 e. The van der Waals surface area contributed by atoms with E-state index in [9.17, 15) is 157 Å². The Balaban J connectivity index is 0.000000355. The van der Waals surface area contributed by atoms with Gasteiger partial charge in [0.1, 0.15) is 0 Å². The van der Waals surface area contributed by atoms with Gasteiger partial charge in [0.15, 0.2) is 66.9 Å². The predicted octanol–water partition coefficient (Wildman–Crippen LogP) is 18.6. The van der Waals surface area contributed by atoms with Gasteiger partial charge in [0.05, 0.1) is 21.8 Å². The van der Waals surface area contributed by atoms with Crippen LogP contribution in [0, 0.1) is 62.5 Å². The van der Waals surface area contributed by atoms with E-state index in [1.807, 2.05) is 23.5 Å². The van der Waals surface area contributed by atoms with Crippen LogP contribution in [0.3, 0.4) is 0 Å². The van der Waals surface area contributed by atoms with Crippen molar-refractivity contribution in [2.24, 2.45) is 0 Å². The second kappa shape index (κ2) is 34.5. The minimum absolute atomic E-state index is 0.168. The lowest BCUT2D eigenvalue weighted by Gasteiger charge is -2.34. The fourth-order valence-electron chi connectivity index (χ4n) is 9.23. The molecule has 616 valence electrons. The molecule has 0 bridgehead atoms. The normalized spacial score (nSPS) is 13.6. The van der Waals surface area contributed by atoms with Gasteiger partial charge in [-0.05, 0) is 177 Å². The highest BCUT2D eigenvalue weighted by Gasteiger charge is 2.86. The van der Waals surface area contributed by atoms with E-state index in [0.29, 0.717) is 0 Å². The van der Waals surface area contributed by atoms with E-state index in [-0.39, 0.29) is 43.0 Å². The molecule has 0 fully saturated rings. The molecule has 44 heteroatoms. The van der Waals surface area contributed by atoms with Crippen molar-refractivity contribution < 1.29 is 179 Å². The highest BCUT2D eigenvalue weighted by Crippen LogP contribution is 2.57. The molecule has 0 aliphatic heterocycles. The maximum absolute atomic E-state index is 12.2. The SMILES string of the molecule is Cc1ccc([S+](c2ccc(Sc3ccc([I+]c4ccc(Sc5ccc([S+](c6ccc(C)cc6C)c6ccc(C)cc6C)cc5)cc4)cc3)cc2)c2ccc(C)cc2C)c(C)c1.O=S(=O)([O-])C(F)(F)C(F)(F)C(F)(F)C(F)(F)F.O=S(=O)([O-])C(F)(F)C(F)(F)C(F)(F)C(F)(F)F.O=S(=O)([O-])C(F)(F)C(F)(F)C(F)(F)C(F)(F)F. The van der Waals surface area contributed by atoms with Gasteiger partial charge in [0, 0.05) is 41.8 Å². The van der Waals surface area contributed by atoms with E-state index in [1.165, 1.54) is 101 Å². The molecular weight excluding hydrogens is 1830 g/mol. The number of alkyl halides is 27. The lowest BCUT2D eigenvalue weighted by molar-refractivity contribution is -0.597. The Hall–Kier alpha value is -6.27. The third-order valence-corrected chi connectivity index (χ3v) is 27.4. The third-order valence-electron chi connectivity index (χ3n) is 14.9. The van der Waals surface area contributed by atoms with Crippen LogP contribution in [0.25, 0.3) is 0 Å². The van der Waals surface area contributed by atoms with E-state index in [0.717, 1.165) is 0 Å². The largest absolute Gasteiger partial charge is 0.743 e. The number of benzene rings is 8. The summed E-state index contributed by atoms with van der Waals surface area (Å²) in [7, 11) is -22.6. The standard InChI is InChI=1S/C56H52IS4.3C4HF9O3S/c1-37-9-29-53(41(5)33-37)60(54-30-10-38(2)34-42(54)6)51-25-21-49(22-26-51)58-47-17-13-45(14-18-47)57-46-15-19-48(20-16-46)59-50-23-27-52(28-24-50)61(55-31-11-39(3)35-43(55)7)56-32-12-40(4)36-44(56)8;3*5-1(6,3(9,10)11)2(7,8)4(12,13)17(14,15)16/h9-36H,1-8H3;3*(H,14,15,16)/q+3;;;/p-3. The van der Waals surface area contributed by atoms with Crippen molar-refractivity contribution in [1.82, 2.24) is 0 Å². The molecule has 0 unspecified atom stereocenters. The van der Waals surface area contributed by atoms with Gasteiger partial charge in [0.25, 0.3) is 0 Å². The van der Waals surface area contributed by atoms with Crippen LogP contribution in [0.4, 0.5) is 119 Å². The number of halogens is 28. The highest BCUT2D eigenvalue weighted by atomic mass is 127. The summed E-state index contributed by atoms with van der Waals surface area (Å²) >= 11 is 3.42. The molecule has 0 N–H and O–H groups in total. The van der Waals surface area contributed by atoms with E-state index in [4.69, 9.17) is 0 Å². The quantitative estimate of drug-likeness (QED) is 0.0290. The molecule has 0 amide bonds. The summed E-state index contributed by atoms with van der Waals surface area (Å²) < 4.78 is 409. The summed E-state index contributed by atoms with van der Waals surface area (Å²) in [6.07, 6.45) is -21.5. The Morgan fingerprint density at radius 1 is 0.268 bits per heavy atom. The zero-order valence-electron chi connectivity index (χ0n) is 57.3. The Morgan fingerprint density at radius 3 is 0.607 bits per heavy atom. The summed E-state index contributed by atoms with van der Waals surface area (Å²) in [4.78, 5) is 13.4. The second-order valence-corrected chi connectivity index (χ2v) is 37.2. The molecular formula is C68H52F27IO9S7. The van der Waals surface area contributed by atoms with Crippen molar-refractivity contribution in [2.75, 3.05) is 0 Å². The number of hydrogen-bond acceptors (Lipinski definition) is 11. The van der Waals surface area contributed by atoms with Crippen molar-refractivity contribution in [2.45, 2.75) is 174 Å². The smallest absolute Gasteiger partial charge is 0.460 e. The van der Waals surface area contributed by atoms with Crippen LogP contribution < -0.4 is 21.2 Å². The van der Waals surface area contributed by atoms with Crippen molar-refractivity contribution in [3.8, 4) is 0 Å². The molecule has 0 spiro atoms. The monoisotopic (exact) mass is 1880 g/mol. The molecule has 9 nitrogen and oxygen atoms in total. The first-order valence-corrected chi connectivity index (χ1v) is 40.6. The van der Waals surface area contributed by atoms with E-state index < -0.39 is 100 Å². The first kappa shape index (κ1) is 96.3. The van der Waals surface area contributed by atoms with Crippen LogP contribution in [0.1, 0.15) is 44.5 Å². The van der Waals surface area contributed by atoms with Gasteiger partial charge in [-0.1, -0.05) is 94.3 Å². The minimum atomic E-state index is -7.43. The minimum Gasteiger partial charge on any atom is -0.743 e. The molecule has 0 saturated heterocycles. The molecule has 0 radical (unpaired) electrons. The average Bonchev–Trinajstić information content (AvgIpc) is 0.732. The summed E-state index contributed by atoms with van der Waals surface area (Å²) in [5.74, 6) is -44.5. The lowest BCUT2D eigenvalue weighted by Crippen LogP contribution is -3.61. The van der Waals surface area contributed by atoms with Gasteiger partial charge in [-0.2, -0.15) is 119 Å². The summed E-state index contributed by atoms with van der Waals surface area (Å²) in [5.41, 5.74) is 10.7. The summed E-state index contributed by atoms with van der Waals surface area (Å²) in [6.45, 7) is 17.8. The number of aryl methyl sites for hydroxylation is 8. The average molecular weight is 1880 g/mol. The highest BCUT2D eigenvalue weighted by molar-refractivity contribution is 8.00. The number of hydrogen-bond donors (Lipinski definition) is 0. The topological polar surface area (TPSA) is 172 Å². The molecule has 8 aromatic rings. The Bertz CT molecular complexity index is 4510. The molecule has 0 heterocycles. The molecule has 0 saturated carbocycles. The van der Waals surface area contributed by atoms with Crippen LogP contribution >= 0.6 is 23.5 Å². The van der Waals surface area contributed by atoms with Crippen LogP contribution in [0.15, 0.2) is 219 Å². The van der Waals surface area contributed by atoms with Crippen LogP contribution in [0.2, 0.25) is 0 Å². The molecule has 8 rings (SSSR count). The predicted molar refractivity (Wildman–Crippen MR) is 351 cm³/mol. The van der Waals surface area contributed by atoms with E-state index >= 15 is 0 Å². The van der Waals surface area contributed by atoms with Crippen molar-refractivity contribution in [1.29, 1.82) is 0 Å². The van der Waals surface area contributed by atoms with Gasteiger partial charge >= 0.3 is 91.0 Å². The van der Waals surface area contributed by atoms with Crippen molar-refractivity contribution in [3.63, 3.8) is 0 Å². The van der Waals surface area contributed by atoms with Crippen molar-refractivity contribution >= 4 is 75.7 Å². The van der Waals surface area contributed by atoms with Gasteiger partial charge in [-0.15, -0.1) is 0 Å². The Kier molecular flexibility index (Phi) is 29.7. The molecule has 8 aromatic carbocycles. The fraction of sp³-hybridized carbons (Fsp3) is 0.294. The first-order chi connectivity index (χ1) is 50.5. The molecule has 0 aliphatic rings. The van der Waals surface area contributed by atoms with Crippen LogP contribution in [-0.4, -0.2) is 109 Å². The van der Waals surface area contributed by atoms with Crippen molar-refractivity contribution in [3.05, 3.63) is 222 Å². The number of rotatable bonds is 21. The first-order valence-electron chi connectivity index (χ1n) is 30.1. The molecule has 112 heavy (non-hydrogen) atoms. The Labute approximate surface area is 645 Å². The fourth-order valence-corrected chi connectivity index (χ4v) is 19.0. The second-order valence-electron chi connectivity index (χ2n) is 23.7. The van der Waals surface area contributed by atoms with Crippen LogP contribution in [-0.2, 0) is 52.1 Å². The van der Waals surface area contributed by atoms with Gasteiger partial charge in [-0.3, -0.25) is 0 Å². The zero-order valence-corrected chi connectivity index (χ0v) is 65.2. The van der Waals surface area contributed by atoms with Gasteiger partial charge in [-0.25, -0.2) is 25.3 Å². The van der Waals surface area contributed by atoms with Gasteiger partial charge in [0.2, 0.25) is 0 Å². The Morgan fingerprint density at radius 2 is 0.446 bits per heavy atom.